The fraction of sp³-hybridized carbons (Fsp3) is 0.389. The number of sulfonamides is 1. The number of carbonyl (C=O) groups excluding carboxylic acids is 1. The van der Waals surface area contributed by atoms with Gasteiger partial charge in [0.2, 0.25) is 10.0 Å². The predicted octanol–water partition coefficient (Wildman–Crippen LogP) is 2.73. The first-order valence-electron chi connectivity index (χ1n) is 8.43. The average molecular weight is 395 g/mol. The van der Waals surface area contributed by atoms with E-state index in [1.54, 1.807) is 22.9 Å². The lowest BCUT2D eigenvalue weighted by atomic mass is 10.1. The molecule has 1 aliphatic heterocycles. The van der Waals surface area contributed by atoms with E-state index in [0.29, 0.717) is 37.4 Å². The fourth-order valence-electron chi connectivity index (χ4n) is 2.96. The van der Waals surface area contributed by atoms with E-state index in [-0.39, 0.29) is 11.9 Å². The Balaban J connectivity index is 1.58. The summed E-state index contributed by atoms with van der Waals surface area (Å²) in [4.78, 5) is 15.6. The number of carbonyl (C=O) groups is 1. The van der Waals surface area contributed by atoms with E-state index in [4.69, 9.17) is 4.42 Å². The van der Waals surface area contributed by atoms with Crippen LogP contribution in [0.2, 0.25) is 0 Å². The van der Waals surface area contributed by atoms with Gasteiger partial charge in [-0.05, 0) is 31.0 Å². The van der Waals surface area contributed by atoms with Crippen molar-refractivity contribution in [1.82, 2.24) is 9.62 Å². The normalized spacial score (nSPS) is 16.0. The second-order valence-electron chi connectivity index (χ2n) is 6.33. The Labute approximate surface area is 158 Å². The first-order chi connectivity index (χ1) is 12.4. The molecule has 0 radical (unpaired) electrons. The van der Waals surface area contributed by atoms with Crippen LogP contribution in [0.5, 0.6) is 0 Å². The molecule has 26 heavy (non-hydrogen) atoms. The molecular formula is C18H22N2O4S2. The molecule has 1 amide bonds. The molecule has 0 unspecified atom stereocenters. The molecule has 2 aromatic rings. The molecule has 3 rings (SSSR count). The van der Waals surface area contributed by atoms with Gasteiger partial charge < -0.3 is 9.32 Å². The topological polar surface area (TPSA) is 79.6 Å². The van der Waals surface area contributed by atoms with Crippen molar-refractivity contribution < 1.29 is 17.6 Å². The zero-order valence-electron chi connectivity index (χ0n) is 14.6. The Morgan fingerprint density at radius 3 is 2.58 bits per heavy atom. The number of nitrogens with one attached hydrogen (secondary N) is 1. The molecule has 6 nitrogen and oxygen atoms in total. The number of amides is 1. The van der Waals surface area contributed by atoms with Crippen LogP contribution in [-0.2, 0) is 15.8 Å². The fourth-order valence-corrected chi connectivity index (χ4v) is 4.70. The molecule has 1 aromatic carbocycles. The highest BCUT2D eigenvalue weighted by Crippen LogP contribution is 2.26. The Morgan fingerprint density at radius 2 is 1.92 bits per heavy atom. The maximum absolute atomic E-state index is 12.8. The summed E-state index contributed by atoms with van der Waals surface area (Å²) >= 11 is 1.66. The van der Waals surface area contributed by atoms with Crippen molar-refractivity contribution in [3.8, 4) is 0 Å². The smallest absolute Gasteiger partial charge is 0.289 e. The monoisotopic (exact) mass is 394 g/mol. The van der Waals surface area contributed by atoms with E-state index in [1.165, 1.54) is 0 Å². The standard InChI is InChI=1S/C18H22N2O4S2/c1-26(22,23)19-15-7-10-20(11-8-15)18(21)17-14(9-12-24-17)13-25-16-5-3-2-4-6-16/h2-6,9,12,15,19H,7-8,10-11,13H2,1H3. The molecule has 0 spiro atoms. The second-order valence-corrected chi connectivity index (χ2v) is 9.16. The minimum absolute atomic E-state index is 0.112. The van der Waals surface area contributed by atoms with Crippen LogP contribution in [0.3, 0.4) is 0 Å². The van der Waals surface area contributed by atoms with Crippen LogP contribution in [0.25, 0.3) is 0 Å². The summed E-state index contributed by atoms with van der Waals surface area (Å²) < 4.78 is 30.7. The zero-order chi connectivity index (χ0) is 18.6. The maximum Gasteiger partial charge on any atom is 0.289 e. The number of hydrogen-bond donors (Lipinski definition) is 1. The van der Waals surface area contributed by atoms with Crippen molar-refractivity contribution in [2.24, 2.45) is 0 Å². The van der Waals surface area contributed by atoms with Crippen molar-refractivity contribution in [3.63, 3.8) is 0 Å². The summed E-state index contributed by atoms with van der Waals surface area (Å²) in [5, 5.41) is 0. The number of thioether (sulfide) groups is 1. The number of furan rings is 1. The summed E-state index contributed by atoms with van der Waals surface area (Å²) in [6, 6.07) is 11.7. The number of hydrogen-bond acceptors (Lipinski definition) is 5. The van der Waals surface area contributed by atoms with Crippen LogP contribution in [0.15, 0.2) is 52.0 Å². The molecule has 1 aliphatic rings. The van der Waals surface area contributed by atoms with Crippen molar-refractivity contribution in [3.05, 3.63) is 54.0 Å². The highest BCUT2D eigenvalue weighted by molar-refractivity contribution is 7.98. The van der Waals surface area contributed by atoms with Crippen LogP contribution < -0.4 is 4.72 Å². The summed E-state index contributed by atoms with van der Waals surface area (Å²) in [5.41, 5.74) is 0.875. The molecule has 1 N–H and O–H groups in total. The summed E-state index contributed by atoms with van der Waals surface area (Å²) in [5.74, 6) is 0.910. The highest BCUT2D eigenvalue weighted by atomic mass is 32.2. The van der Waals surface area contributed by atoms with E-state index < -0.39 is 10.0 Å². The van der Waals surface area contributed by atoms with Gasteiger partial charge in [-0.2, -0.15) is 0 Å². The lowest BCUT2D eigenvalue weighted by Crippen LogP contribution is -2.46. The Hall–Kier alpha value is -1.77. The van der Waals surface area contributed by atoms with E-state index in [9.17, 15) is 13.2 Å². The molecule has 1 aromatic heterocycles. The molecule has 0 atom stereocenters. The summed E-state index contributed by atoms with van der Waals surface area (Å²) in [6.45, 7) is 1.02. The maximum atomic E-state index is 12.8. The minimum Gasteiger partial charge on any atom is -0.459 e. The molecule has 0 bridgehead atoms. The molecule has 0 saturated carbocycles. The van der Waals surface area contributed by atoms with Gasteiger partial charge in [0.1, 0.15) is 0 Å². The third-order valence-corrected chi connectivity index (χ3v) is 6.06. The Morgan fingerprint density at radius 1 is 1.23 bits per heavy atom. The van der Waals surface area contributed by atoms with Crippen molar-refractivity contribution >= 4 is 27.7 Å². The van der Waals surface area contributed by atoms with Crippen molar-refractivity contribution in [2.45, 2.75) is 29.5 Å². The molecule has 1 saturated heterocycles. The van der Waals surface area contributed by atoms with Gasteiger partial charge in [0, 0.05) is 35.3 Å². The van der Waals surface area contributed by atoms with Crippen LogP contribution in [0.1, 0.15) is 29.0 Å². The number of rotatable bonds is 6. The van der Waals surface area contributed by atoms with E-state index in [2.05, 4.69) is 4.72 Å². The molecule has 140 valence electrons. The van der Waals surface area contributed by atoms with Gasteiger partial charge >= 0.3 is 0 Å². The molecule has 2 heterocycles. The van der Waals surface area contributed by atoms with E-state index >= 15 is 0 Å². The van der Waals surface area contributed by atoms with Gasteiger partial charge in [-0.1, -0.05) is 18.2 Å². The van der Waals surface area contributed by atoms with Crippen molar-refractivity contribution in [1.29, 1.82) is 0 Å². The predicted molar refractivity (Wildman–Crippen MR) is 102 cm³/mol. The van der Waals surface area contributed by atoms with E-state index in [1.807, 2.05) is 36.4 Å². The van der Waals surface area contributed by atoms with Gasteiger partial charge in [-0.15, -0.1) is 11.8 Å². The Bertz CT molecular complexity index is 841. The number of piperidine rings is 1. The zero-order valence-corrected chi connectivity index (χ0v) is 16.2. The SMILES string of the molecule is CS(=O)(=O)NC1CCN(C(=O)c2occc2CSc2ccccc2)CC1. The molecule has 1 fully saturated rings. The van der Waals surface area contributed by atoms with Gasteiger partial charge in [0.05, 0.1) is 12.5 Å². The van der Waals surface area contributed by atoms with Crippen LogP contribution in [0, 0.1) is 0 Å². The molecule has 0 aliphatic carbocycles. The second kappa shape index (κ2) is 8.28. The average Bonchev–Trinajstić information content (AvgIpc) is 3.08. The van der Waals surface area contributed by atoms with Gasteiger partial charge in [0.15, 0.2) is 5.76 Å². The number of likely N-dealkylation sites (tertiary alicyclic amines) is 1. The third-order valence-electron chi connectivity index (χ3n) is 4.24. The highest BCUT2D eigenvalue weighted by Gasteiger charge is 2.28. The van der Waals surface area contributed by atoms with Gasteiger partial charge in [-0.3, -0.25) is 4.79 Å². The Kier molecular flexibility index (Phi) is 6.05. The molecule has 8 heteroatoms. The molecular weight excluding hydrogens is 372 g/mol. The van der Waals surface area contributed by atoms with Crippen LogP contribution in [-0.4, -0.2) is 44.6 Å². The number of nitrogens with zero attached hydrogens (tertiary/aromatic N) is 1. The third kappa shape index (κ3) is 5.12. The lowest BCUT2D eigenvalue weighted by Gasteiger charge is -2.31. The summed E-state index contributed by atoms with van der Waals surface area (Å²) in [6.07, 6.45) is 3.91. The van der Waals surface area contributed by atoms with Crippen LogP contribution >= 0.6 is 11.8 Å². The van der Waals surface area contributed by atoms with Crippen LogP contribution in [0.4, 0.5) is 0 Å². The first-order valence-corrected chi connectivity index (χ1v) is 11.3. The number of benzene rings is 1. The summed E-state index contributed by atoms with van der Waals surface area (Å²) in [7, 11) is -3.22. The largest absolute Gasteiger partial charge is 0.459 e. The quantitative estimate of drug-likeness (QED) is 0.762. The van der Waals surface area contributed by atoms with Gasteiger partial charge in [-0.25, -0.2) is 13.1 Å². The van der Waals surface area contributed by atoms with Crippen molar-refractivity contribution in [2.75, 3.05) is 19.3 Å². The first kappa shape index (κ1) is 19.0. The van der Waals surface area contributed by atoms with E-state index in [0.717, 1.165) is 16.7 Å². The van der Waals surface area contributed by atoms with Gasteiger partial charge in [0.25, 0.3) is 5.91 Å². The minimum atomic E-state index is -3.22. The lowest BCUT2D eigenvalue weighted by molar-refractivity contribution is 0.0678.